The Labute approximate surface area is 127 Å². The van der Waals surface area contributed by atoms with Crippen LogP contribution in [0.15, 0.2) is 30.6 Å². The molecule has 7 heteroatoms. The second kappa shape index (κ2) is 5.86. The van der Waals surface area contributed by atoms with E-state index in [0.29, 0.717) is 38.0 Å². The van der Waals surface area contributed by atoms with Gasteiger partial charge >= 0.3 is 0 Å². The minimum atomic E-state index is -0.806. The SMILES string of the molecule is O=[N+]([O-])c1ccc(NCC2(O)CCOCC2)c2ccncc12. The van der Waals surface area contributed by atoms with Crippen molar-refractivity contribution in [3.63, 3.8) is 0 Å². The summed E-state index contributed by atoms with van der Waals surface area (Å²) in [4.78, 5) is 14.6. The molecule has 1 saturated heterocycles. The molecule has 3 rings (SSSR count). The molecule has 1 aromatic carbocycles. The van der Waals surface area contributed by atoms with Crippen LogP contribution in [0.3, 0.4) is 0 Å². The van der Waals surface area contributed by atoms with Crippen LogP contribution in [0.5, 0.6) is 0 Å². The normalized spacial score (nSPS) is 17.3. The van der Waals surface area contributed by atoms with Crippen LogP contribution in [-0.4, -0.2) is 40.4 Å². The second-order valence-corrected chi connectivity index (χ2v) is 5.50. The van der Waals surface area contributed by atoms with Gasteiger partial charge in [-0.05, 0) is 12.1 Å². The van der Waals surface area contributed by atoms with E-state index in [1.54, 1.807) is 18.3 Å². The monoisotopic (exact) mass is 303 g/mol. The summed E-state index contributed by atoms with van der Waals surface area (Å²) in [5, 5.41) is 26.0. The third kappa shape index (κ3) is 2.86. The van der Waals surface area contributed by atoms with Gasteiger partial charge in [0.2, 0.25) is 0 Å². The van der Waals surface area contributed by atoms with Gasteiger partial charge in [-0.2, -0.15) is 0 Å². The van der Waals surface area contributed by atoms with E-state index in [1.165, 1.54) is 12.3 Å². The van der Waals surface area contributed by atoms with E-state index in [4.69, 9.17) is 4.74 Å². The van der Waals surface area contributed by atoms with Crippen molar-refractivity contribution in [2.45, 2.75) is 18.4 Å². The first-order valence-electron chi connectivity index (χ1n) is 7.14. The Morgan fingerprint density at radius 2 is 2.09 bits per heavy atom. The number of aliphatic hydroxyl groups is 1. The van der Waals surface area contributed by atoms with Crippen LogP contribution in [0.2, 0.25) is 0 Å². The number of nitrogens with one attached hydrogen (secondary N) is 1. The van der Waals surface area contributed by atoms with Gasteiger partial charge in [-0.3, -0.25) is 15.1 Å². The van der Waals surface area contributed by atoms with E-state index >= 15 is 0 Å². The highest BCUT2D eigenvalue weighted by atomic mass is 16.6. The second-order valence-electron chi connectivity index (χ2n) is 5.50. The van der Waals surface area contributed by atoms with Gasteiger partial charge in [0, 0.05) is 62.1 Å². The Hall–Kier alpha value is -2.25. The van der Waals surface area contributed by atoms with Crippen LogP contribution in [-0.2, 0) is 4.74 Å². The number of nitro groups is 1. The maximum Gasteiger partial charge on any atom is 0.278 e. The molecule has 1 aromatic heterocycles. The van der Waals surface area contributed by atoms with Gasteiger partial charge in [-0.1, -0.05) is 0 Å². The molecule has 2 N–H and O–H groups in total. The zero-order chi connectivity index (χ0) is 15.6. The van der Waals surface area contributed by atoms with Crippen LogP contribution in [0.4, 0.5) is 11.4 Å². The predicted molar refractivity (Wildman–Crippen MR) is 81.9 cm³/mol. The third-order valence-corrected chi connectivity index (χ3v) is 4.02. The van der Waals surface area contributed by atoms with Gasteiger partial charge < -0.3 is 15.2 Å². The molecule has 2 heterocycles. The molecule has 0 spiro atoms. The lowest BCUT2D eigenvalue weighted by Crippen LogP contribution is -2.42. The number of nitrogens with zero attached hydrogens (tertiary/aromatic N) is 2. The molecule has 1 aliphatic rings. The number of hydrogen-bond acceptors (Lipinski definition) is 6. The Morgan fingerprint density at radius 3 is 2.82 bits per heavy atom. The third-order valence-electron chi connectivity index (χ3n) is 4.02. The van der Waals surface area contributed by atoms with Gasteiger partial charge in [0.25, 0.3) is 5.69 Å². The highest BCUT2D eigenvalue weighted by molar-refractivity contribution is 5.99. The number of non-ortho nitro benzene ring substituents is 1. The van der Waals surface area contributed by atoms with Crippen LogP contribution < -0.4 is 5.32 Å². The number of fused-ring (bicyclic) bond motifs is 1. The summed E-state index contributed by atoms with van der Waals surface area (Å²) >= 11 is 0. The van der Waals surface area contributed by atoms with E-state index < -0.39 is 10.5 Å². The van der Waals surface area contributed by atoms with Gasteiger partial charge in [0.05, 0.1) is 15.9 Å². The largest absolute Gasteiger partial charge is 0.388 e. The number of hydrogen-bond donors (Lipinski definition) is 2. The number of pyridine rings is 1. The molecule has 0 amide bonds. The summed E-state index contributed by atoms with van der Waals surface area (Å²) in [5.41, 5.74) is -0.0271. The molecule has 0 aliphatic carbocycles. The average Bonchev–Trinajstić information content (AvgIpc) is 2.53. The summed E-state index contributed by atoms with van der Waals surface area (Å²) in [7, 11) is 0. The molecule has 1 fully saturated rings. The maximum atomic E-state index is 11.1. The van der Waals surface area contributed by atoms with Crippen LogP contribution in [0.25, 0.3) is 10.8 Å². The number of benzene rings is 1. The van der Waals surface area contributed by atoms with Crippen molar-refractivity contribution in [1.82, 2.24) is 4.98 Å². The van der Waals surface area contributed by atoms with Crippen molar-refractivity contribution in [2.75, 3.05) is 25.1 Å². The lowest BCUT2D eigenvalue weighted by Gasteiger charge is -2.32. The fraction of sp³-hybridized carbons (Fsp3) is 0.400. The molecule has 0 saturated carbocycles. The highest BCUT2D eigenvalue weighted by Gasteiger charge is 2.29. The van der Waals surface area contributed by atoms with Crippen molar-refractivity contribution < 1.29 is 14.8 Å². The highest BCUT2D eigenvalue weighted by Crippen LogP contribution is 2.31. The van der Waals surface area contributed by atoms with Crippen molar-refractivity contribution in [3.05, 3.63) is 40.7 Å². The molecule has 7 nitrogen and oxygen atoms in total. The summed E-state index contributed by atoms with van der Waals surface area (Å²) in [6, 6.07) is 4.86. The van der Waals surface area contributed by atoms with Crippen LogP contribution >= 0.6 is 0 Å². The van der Waals surface area contributed by atoms with Gasteiger partial charge in [-0.15, -0.1) is 0 Å². The Bertz CT molecular complexity index is 698. The maximum absolute atomic E-state index is 11.1. The molecular formula is C15H17N3O4. The Balaban J connectivity index is 1.88. The van der Waals surface area contributed by atoms with Gasteiger partial charge in [0.15, 0.2) is 0 Å². The number of aromatic nitrogens is 1. The molecular weight excluding hydrogens is 286 g/mol. The topological polar surface area (TPSA) is 97.5 Å². The van der Waals surface area contributed by atoms with Crippen molar-refractivity contribution in [1.29, 1.82) is 0 Å². The summed E-state index contributed by atoms with van der Waals surface area (Å²) in [5.74, 6) is 0. The lowest BCUT2D eigenvalue weighted by atomic mass is 9.94. The molecule has 0 unspecified atom stereocenters. The van der Waals surface area contributed by atoms with E-state index in [0.717, 1.165) is 11.1 Å². The Kier molecular flexibility index (Phi) is 3.91. The summed E-state index contributed by atoms with van der Waals surface area (Å²) in [6.07, 6.45) is 4.24. The summed E-state index contributed by atoms with van der Waals surface area (Å²) in [6.45, 7) is 1.47. The van der Waals surface area contributed by atoms with Crippen molar-refractivity contribution >= 4 is 22.1 Å². The minimum absolute atomic E-state index is 0.0263. The number of nitro benzene ring substituents is 1. The number of ether oxygens (including phenoxy) is 1. The van der Waals surface area contributed by atoms with Crippen molar-refractivity contribution in [2.24, 2.45) is 0 Å². The van der Waals surface area contributed by atoms with E-state index in [2.05, 4.69) is 10.3 Å². The zero-order valence-electron chi connectivity index (χ0n) is 12.0. The van der Waals surface area contributed by atoms with Gasteiger partial charge in [0.1, 0.15) is 0 Å². The quantitative estimate of drug-likeness (QED) is 0.663. The van der Waals surface area contributed by atoms with Crippen LogP contribution in [0, 0.1) is 10.1 Å². The molecule has 116 valence electrons. The van der Waals surface area contributed by atoms with E-state index in [-0.39, 0.29) is 5.69 Å². The van der Waals surface area contributed by atoms with E-state index in [9.17, 15) is 15.2 Å². The molecule has 2 aromatic rings. The molecule has 1 aliphatic heterocycles. The van der Waals surface area contributed by atoms with Crippen LogP contribution in [0.1, 0.15) is 12.8 Å². The minimum Gasteiger partial charge on any atom is -0.388 e. The molecule has 0 atom stereocenters. The lowest BCUT2D eigenvalue weighted by molar-refractivity contribution is -0.383. The molecule has 0 radical (unpaired) electrons. The first kappa shape index (κ1) is 14.7. The van der Waals surface area contributed by atoms with E-state index in [1.807, 2.05) is 0 Å². The smallest absolute Gasteiger partial charge is 0.278 e. The fourth-order valence-corrected chi connectivity index (χ4v) is 2.68. The standard InChI is InChI=1S/C15H17N3O4/c19-15(4-7-22-8-5-15)10-17-13-1-2-14(18(20)21)12-9-16-6-3-11(12)13/h1-3,6,9,17,19H,4-5,7-8,10H2. The average molecular weight is 303 g/mol. The summed E-state index contributed by atoms with van der Waals surface area (Å²) < 4.78 is 5.26. The number of anilines is 1. The first-order chi connectivity index (χ1) is 10.6. The van der Waals surface area contributed by atoms with Crippen molar-refractivity contribution in [3.8, 4) is 0 Å². The zero-order valence-corrected chi connectivity index (χ0v) is 12.0. The van der Waals surface area contributed by atoms with Gasteiger partial charge in [-0.25, -0.2) is 0 Å². The Morgan fingerprint density at radius 1 is 1.32 bits per heavy atom. The first-order valence-corrected chi connectivity index (χ1v) is 7.14. The fourth-order valence-electron chi connectivity index (χ4n) is 2.68. The predicted octanol–water partition coefficient (Wildman–Crippen LogP) is 2.10. The number of rotatable bonds is 4. The molecule has 22 heavy (non-hydrogen) atoms. The molecule has 0 bridgehead atoms.